The molecule has 0 unspecified atom stereocenters. The van der Waals surface area contributed by atoms with Gasteiger partial charge < -0.3 is 5.73 Å². The predicted octanol–water partition coefficient (Wildman–Crippen LogP) is 2.78. The van der Waals surface area contributed by atoms with E-state index in [1.165, 1.54) is 6.42 Å². The molecule has 3 N–H and O–H groups in total. The minimum atomic E-state index is -3.51. The van der Waals surface area contributed by atoms with Crippen LogP contribution in [0.3, 0.4) is 0 Å². The first-order chi connectivity index (χ1) is 9.83. The van der Waals surface area contributed by atoms with E-state index >= 15 is 0 Å². The van der Waals surface area contributed by atoms with Crippen molar-refractivity contribution in [1.82, 2.24) is 4.72 Å². The first-order valence-corrected chi connectivity index (χ1v) is 10.4. The van der Waals surface area contributed by atoms with Gasteiger partial charge >= 0.3 is 0 Å². The minimum Gasteiger partial charge on any atom is -0.326 e. The van der Waals surface area contributed by atoms with E-state index in [2.05, 4.69) is 20.7 Å². The Kier molecular flexibility index (Phi) is 5.41. The third-order valence-corrected chi connectivity index (χ3v) is 7.93. The second kappa shape index (κ2) is 6.58. The molecule has 118 valence electrons. The second-order valence-electron chi connectivity index (χ2n) is 5.47. The van der Waals surface area contributed by atoms with Gasteiger partial charge in [0.1, 0.15) is 0 Å². The average Bonchev–Trinajstić information content (AvgIpc) is 2.40. The van der Waals surface area contributed by atoms with Crippen LogP contribution in [0.2, 0.25) is 0 Å². The van der Waals surface area contributed by atoms with Gasteiger partial charge in [-0.25, -0.2) is 13.1 Å². The van der Waals surface area contributed by atoms with Crippen molar-refractivity contribution in [3.63, 3.8) is 0 Å². The maximum Gasteiger partial charge on any atom is 0.240 e. The lowest BCUT2D eigenvalue weighted by molar-refractivity contribution is 0.362. The van der Waals surface area contributed by atoms with Crippen LogP contribution >= 0.6 is 27.7 Å². The highest BCUT2D eigenvalue weighted by Gasteiger charge is 2.37. The van der Waals surface area contributed by atoms with Crippen molar-refractivity contribution >= 4 is 37.7 Å². The number of benzene rings is 1. The van der Waals surface area contributed by atoms with Crippen molar-refractivity contribution in [2.45, 2.75) is 42.4 Å². The van der Waals surface area contributed by atoms with Gasteiger partial charge in [0.2, 0.25) is 10.0 Å². The molecule has 0 amide bonds. The molecule has 1 fully saturated rings. The van der Waals surface area contributed by atoms with Gasteiger partial charge in [-0.05, 0) is 49.3 Å². The SMILES string of the molecule is CSC1(CNS(=O)(=O)c2cc(CN)cc(Br)c2C)CCC1. The Bertz CT molecular complexity index is 623. The molecule has 1 saturated carbocycles. The third kappa shape index (κ3) is 3.64. The van der Waals surface area contributed by atoms with Gasteiger partial charge in [-0.2, -0.15) is 11.8 Å². The van der Waals surface area contributed by atoms with Crippen molar-refractivity contribution in [2.24, 2.45) is 5.73 Å². The molecule has 0 aliphatic heterocycles. The van der Waals surface area contributed by atoms with E-state index in [4.69, 9.17) is 5.73 Å². The normalized spacial score (nSPS) is 17.5. The number of rotatable bonds is 6. The van der Waals surface area contributed by atoms with Crippen LogP contribution in [0.1, 0.15) is 30.4 Å². The van der Waals surface area contributed by atoms with Crippen LogP contribution in [-0.2, 0) is 16.6 Å². The van der Waals surface area contributed by atoms with Crippen LogP contribution in [-0.4, -0.2) is 26.0 Å². The largest absolute Gasteiger partial charge is 0.326 e. The molecule has 4 nitrogen and oxygen atoms in total. The molecule has 1 aromatic rings. The number of hydrogen-bond acceptors (Lipinski definition) is 4. The monoisotopic (exact) mass is 392 g/mol. The van der Waals surface area contributed by atoms with E-state index in [9.17, 15) is 8.42 Å². The summed E-state index contributed by atoms with van der Waals surface area (Å²) in [7, 11) is -3.51. The zero-order chi connectivity index (χ0) is 15.7. The molecular weight excluding hydrogens is 372 g/mol. The Hall–Kier alpha value is -0.0800. The highest BCUT2D eigenvalue weighted by Crippen LogP contribution is 2.42. The standard InChI is InChI=1S/C14H21BrN2O2S2/c1-10-12(15)6-11(8-16)7-13(10)21(18,19)17-9-14(20-2)4-3-5-14/h6-7,17H,3-5,8-9,16H2,1-2H3. The summed E-state index contributed by atoms with van der Waals surface area (Å²) in [5.74, 6) is 0. The summed E-state index contributed by atoms with van der Waals surface area (Å²) < 4.78 is 28.8. The van der Waals surface area contributed by atoms with Crippen molar-refractivity contribution in [1.29, 1.82) is 0 Å². The second-order valence-corrected chi connectivity index (χ2v) is 9.33. The number of hydrogen-bond donors (Lipinski definition) is 2. The fourth-order valence-electron chi connectivity index (χ4n) is 2.43. The summed E-state index contributed by atoms with van der Waals surface area (Å²) >= 11 is 5.16. The van der Waals surface area contributed by atoms with Crippen LogP contribution in [0.5, 0.6) is 0 Å². The summed E-state index contributed by atoms with van der Waals surface area (Å²) in [5.41, 5.74) is 7.15. The summed E-state index contributed by atoms with van der Waals surface area (Å²) in [4.78, 5) is 0.313. The summed E-state index contributed by atoms with van der Waals surface area (Å²) in [5, 5.41) is 0. The highest BCUT2D eigenvalue weighted by atomic mass is 79.9. The Morgan fingerprint density at radius 3 is 2.57 bits per heavy atom. The number of halogens is 1. The van der Waals surface area contributed by atoms with Gasteiger partial charge in [-0.1, -0.05) is 22.4 Å². The fraction of sp³-hybridized carbons (Fsp3) is 0.571. The molecule has 0 bridgehead atoms. The molecule has 0 radical (unpaired) electrons. The molecule has 7 heteroatoms. The van der Waals surface area contributed by atoms with Crippen LogP contribution in [0.4, 0.5) is 0 Å². The molecule has 0 atom stereocenters. The van der Waals surface area contributed by atoms with E-state index in [-0.39, 0.29) is 4.75 Å². The van der Waals surface area contributed by atoms with Gasteiger partial charge in [0.05, 0.1) is 4.90 Å². The molecule has 1 aliphatic rings. The third-order valence-electron chi connectivity index (χ3n) is 4.16. The first kappa shape index (κ1) is 17.3. The lowest BCUT2D eigenvalue weighted by Gasteiger charge is -2.40. The van der Waals surface area contributed by atoms with Gasteiger partial charge in [-0.3, -0.25) is 0 Å². The maximum absolute atomic E-state index is 12.6. The van der Waals surface area contributed by atoms with Gasteiger partial charge in [0.15, 0.2) is 0 Å². The first-order valence-electron chi connectivity index (χ1n) is 6.87. The molecule has 0 aromatic heterocycles. The molecule has 1 aliphatic carbocycles. The lowest BCUT2D eigenvalue weighted by Crippen LogP contribution is -2.45. The smallest absolute Gasteiger partial charge is 0.240 e. The number of nitrogens with one attached hydrogen (secondary N) is 1. The van der Waals surface area contributed by atoms with E-state index < -0.39 is 10.0 Å². The molecule has 2 rings (SSSR count). The predicted molar refractivity (Wildman–Crippen MR) is 92.1 cm³/mol. The minimum absolute atomic E-state index is 0.0731. The molecule has 1 aromatic carbocycles. The zero-order valence-electron chi connectivity index (χ0n) is 12.3. The molecule has 21 heavy (non-hydrogen) atoms. The van der Waals surface area contributed by atoms with Crippen molar-refractivity contribution in [2.75, 3.05) is 12.8 Å². The average molecular weight is 393 g/mol. The summed E-state index contributed by atoms with van der Waals surface area (Å²) in [6.45, 7) is 2.60. The summed E-state index contributed by atoms with van der Waals surface area (Å²) in [6, 6.07) is 3.53. The van der Waals surface area contributed by atoms with Gasteiger partial charge in [-0.15, -0.1) is 0 Å². The van der Waals surface area contributed by atoms with Gasteiger partial charge in [0, 0.05) is 22.3 Å². The maximum atomic E-state index is 12.6. The molecular formula is C14H21BrN2O2S2. The number of thioether (sulfide) groups is 1. The Labute approximate surface area is 139 Å². The topological polar surface area (TPSA) is 72.2 Å². The van der Waals surface area contributed by atoms with Crippen molar-refractivity contribution < 1.29 is 8.42 Å². The number of sulfonamides is 1. The van der Waals surface area contributed by atoms with Crippen LogP contribution in [0.25, 0.3) is 0 Å². The van der Waals surface area contributed by atoms with Crippen LogP contribution < -0.4 is 10.5 Å². The Balaban J connectivity index is 2.25. The molecule has 0 spiro atoms. The fourth-order valence-corrected chi connectivity index (χ4v) is 5.52. The van der Waals surface area contributed by atoms with E-state index in [0.29, 0.717) is 23.5 Å². The van der Waals surface area contributed by atoms with E-state index in [0.717, 1.165) is 22.9 Å². The zero-order valence-corrected chi connectivity index (χ0v) is 15.5. The molecule has 0 heterocycles. The van der Waals surface area contributed by atoms with E-state index in [1.807, 2.05) is 12.3 Å². The lowest BCUT2D eigenvalue weighted by atomic mass is 9.84. The van der Waals surface area contributed by atoms with Crippen molar-refractivity contribution in [3.8, 4) is 0 Å². The quantitative estimate of drug-likeness (QED) is 0.780. The van der Waals surface area contributed by atoms with Crippen molar-refractivity contribution in [3.05, 3.63) is 27.7 Å². The Morgan fingerprint density at radius 2 is 2.10 bits per heavy atom. The number of nitrogens with two attached hydrogens (primary N) is 1. The highest BCUT2D eigenvalue weighted by molar-refractivity contribution is 9.10. The Morgan fingerprint density at radius 1 is 1.43 bits per heavy atom. The van der Waals surface area contributed by atoms with Crippen LogP contribution in [0.15, 0.2) is 21.5 Å². The van der Waals surface area contributed by atoms with Crippen LogP contribution in [0, 0.1) is 6.92 Å². The van der Waals surface area contributed by atoms with E-state index in [1.54, 1.807) is 24.8 Å². The van der Waals surface area contributed by atoms with Gasteiger partial charge in [0.25, 0.3) is 0 Å². The molecule has 0 saturated heterocycles. The summed E-state index contributed by atoms with van der Waals surface area (Å²) in [6.07, 6.45) is 5.37.